The van der Waals surface area contributed by atoms with Crippen LogP contribution in [0.1, 0.15) is 12.8 Å². The SMILES string of the molecule is ON1CCC(OC(F)F)CC1. The lowest BCUT2D eigenvalue weighted by Gasteiger charge is -2.26. The highest BCUT2D eigenvalue weighted by Crippen LogP contribution is 2.14. The summed E-state index contributed by atoms with van der Waals surface area (Å²) in [5.74, 6) is 0. The number of alkyl halides is 2. The van der Waals surface area contributed by atoms with Gasteiger partial charge in [-0.3, -0.25) is 0 Å². The Morgan fingerprint density at radius 3 is 2.36 bits per heavy atom. The van der Waals surface area contributed by atoms with Gasteiger partial charge in [-0.15, -0.1) is 0 Å². The van der Waals surface area contributed by atoms with Crippen LogP contribution >= 0.6 is 0 Å². The molecule has 0 aromatic carbocycles. The smallest absolute Gasteiger partial charge is 0.320 e. The van der Waals surface area contributed by atoms with Crippen LogP contribution in [0, 0.1) is 0 Å². The molecule has 1 aliphatic heterocycles. The normalized spacial score (nSPS) is 22.9. The molecule has 0 amide bonds. The van der Waals surface area contributed by atoms with E-state index in [1.54, 1.807) is 0 Å². The number of halogens is 2. The summed E-state index contributed by atoms with van der Waals surface area (Å²) < 4.78 is 27.5. The van der Waals surface area contributed by atoms with Crippen LogP contribution in [0.2, 0.25) is 0 Å². The van der Waals surface area contributed by atoms with Gasteiger partial charge in [0.15, 0.2) is 0 Å². The Morgan fingerprint density at radius 2 is 1.91 bits per heavy atom. The molecule has 0 unspecified atom stereocenters. The largest absolute Gasteiger partial charge is 0.345 e. The third-order valence-corrected chi connectivity index (χ3v) is 1.71. The minimum atomic E-state index is -2.69. The number of piperidine rings is 1. The highest BCUT2D eigenvalue weighted by molar-refractivity contribution is 4.66. The zero-order chi connectivity index (χ0) is 8.27. The predicted octanol–water partition coefficient (Wildman–Crippen LogP) is 1.08. The fourth-order valence-electron chi connectivity index (χ4n) is 1.12. The summed E-state index contributed by atoms with van der Waals surface area (Å²) in [6.45, 7) is -1.86. The second-order valence-electron chi connectivity index (χ2n) is 2.55. The minimum Gasteiger partial charge on any atom is -0.320 e. The Hall–Kier alpha value is -0.260. The molecule has 0 saturated carbocycles. The van der Waals surface area contributed by atoms with E-state index in [1.165, 1.54) is 0 Å². The van der Waals surface area contributed by atoms with Gasteiger partial charge in [0.05, 0.1) is 6.10 Å². The third-order valence-electron chi connectivity index (χ3n) is 1.71. The Morgan fingerprint density at radius 1 is 1.36 bits per heavy atom. The van der Waals surface area contributed by atoms with Gasteiger partial charge < -0.3 is 9.94 Å². The topological polar surface area (TPSA) is 32.7 Å². The fraction of sp³-hybridized carbons (Fsp3) is 1.00. The summed E-state index contributed by atoms with van der Waals surface area (Å²) >= 11 is 0. The van der Waals surface area contributed by atoms with Crippen molar-refractivity contribution in [3.05, 3.63) is 0 Å². The number of ether oxygens (including phenoxy) is 1. The first-order valence-electron chi connectivity index (χ1n) is 3.56. The first kappa shape index (κ1) is 8.83. The number of hydrogen-bond donors (Lipinski definition) is 1. The summed E-state index contributed by atoms with van der Waals surface area (Å²) in [7, 11) is 0. The van der Waals surface area contributed by atoms with Crippen molar-refractivity contribution in [2.24, 2.45) is 0 Å². The molecule has 0 aliphatic carbocycles. The molecule has 1 N–H and O–H groups in total. The van der Waals surface area contributed by atoms with Crippen LogP contribution in [0.3, 0.4) is 0 Å². The lowest BCUT2D eigenvalue weighted by atomic mass is 10.1. The summed E-state index contributed by atoms with van der Waals surface area (Å²) in [5, 5.41) is 9.97. The van der Waals surface area contributed by atoms with Gasteiger partial charge in [0.1, 0.15) is 0 Å². The molecule has 1 fully saturated rings. The average Bonchev–Trinajstić information content (AvgIpc) is 1.93. The number of nitrogens with zero attached hydrogens (tertiary/aromatic N) is 1. The van der Waals surface area contributed by atoms with Crippen LogP contribution in [0.5, 0.6) is 0 Å². The molecule has 0 bridgehead atoms. The van der Waals surface area contributed by atoms with E-state index in [0.717, 1.165) is 5.06 Å². The van der Waals surface area contributed by atoms with Crippen LogP contribution < -0.4 is 0 Å². The van der Waals surface area contributed by atoms with Crippen molar-refractivity contribution in [1.82, 2.24) is 5.06 Å². The van der Waals surface area contributed by atoms with E-state index in [1.807, 2.05) is 0 Å². The monoisotopic (exact) mass is 167 g/mol. The fourth-order valence-corrected chi connectivity index (χ4v) is 1.12. The van der Waals surface area contributed by atoms with Crippen LogP contribution in [-0.4, -0.2) is 36.1 Å². The number of hydroxylamine groups is 2. The van der Waals surface area contributed by atoms with Gasteiger partial charge in [0, 0.05) is 13.1 Å². The van der Waals surface area contributed by atoms with Crippen LogP contribution in [0.25, 0.3) is 0 Å². The number of rotatable bonds is 2. The van der Waals surface area contributed by atoms with Gasteiger partial charge in [-0.2, -0.15) is 13.8 Å². The van der Waals surface area contributed by atoms with Crippen molar-refractivity contribution >= 4 is 0 Å². The quantitative estimate of drug-likeness (QED) is 0.668. The zero-order valence-electron chi connectivity index (χ0n) is 6.04. The lowest BCUT2D eigenvalue weighted by molar-refractivity contribution is -0.194. The molecule has 5 heteroatoms. The van der Waals surface area contributed by atoms with E-state index in [9.17, 15) is 8.78 Å². The second-order valence-corrected chi connectivity index (χ2v) is 2.55. The predicted molar refractivity (Wildman–Crippen MR) is 33.5 cm³/mol. The highest BCUT2D eigenvalue weighted by atomic mass is 19.3. The average molecular weight is 167 g/mol. The summed E-state index contributed by atoms with van der Waals surface area (Å²) in [5.41, 5.74) is 0. The van der Waals surface area contributed by atoms with E-state index in [0.29, 0.717) is 25.9 Å². The van der Waals surface area contributed by atoms with Crippen LogP contribution in [-0.2, 0) is 4.74 Å². The Balaban J connectivity index is 2.17. The molecule has 3 nitrogen and oxygen atoms in total. The van der Waals surface area contributed by atoms with Crippen molar-refractivity contribution in [3.63, 3.8) is 0 Å². The van der Waals surface area contributed by atoms with Crippen LogP contribution in [0.4, 0.5) is 8.78 Å². The van der Waals surface area contributed by atoms with Gasteiger partial charge in [-0.05, 0) is 12.8 Å². The van der Waals surface area contributed by atoms with Crippen molar-refractivity contribution in [3.8, 4) is 0 Å². The highest BCUT2D eigenvalue weighted by Gasteiger charge is 2.20. The maximum atomic E-state index is 11.6. The van der Waals surface area contributed by atoms with Crippen molar-refractivity contribution in [2.45, 2.75) is 25.6 Å². The first-order valence-corrected chi connectivity index (χ1v) is 3.56. The molecule has 66 valence electrons. The van der Waals surface area contributed by atoms with Crippen molar-refractivity contribution < 1.29 is 18.7 Å². The van der Waals surface area contributed by atoms with Gasteiger partial charge in [0.2, 0.25) is 0 Å². The molecular formula is C6H11F2NO2. The maximum absolute atomic E-state index is 11.6. The molecule has 1 saturated heterocycles. The van der Waals surface area contributed by atoms with Crippen LogP contribution in [0.15, 0.2) is 0 Å². The molecule has 1 rings (SSSR count). The molecule has 1 aliphatic rings. The molecular weight excluding hydrogens is 156 g/mol. The second kappa shape index (κ2) is 3.94. The standard InChI is InChI=1S/C6H11F2NO2/c7-6(8)11-5-1-3-9(10)4-2-5/h5-6,10H,1-4H2. The lowest BCUT2D eigenvalue weighted by Crippen LogP contribution is -2.35. The molecule has 11 heavy (non-hydrogen) atoms. The minimum absolute atomic E-state index is 0.390. The maximum Gasteiger partial charge on any atom is 0.345 e. The zero-order valence-corrected chi connectivity index (χ0v) is 6.04. The molecule has 0 aromatic rings. The summed E-state index contributed by atoms with van der Waals surface area (Å²) in [6, 6.07) is 0. The van der Waals surface area contributed by atoms with Gasteiger partial charge in [0.25, 0.3) is 0 Å². The van der Waals surface area contributed by atoms with E-state index in [2.05, 4.69) is 4.74 Å². The van der Waals surface area contributed by atoms with E-state index in [4.69, 9.17) is 5.21 Å². The van der Waals surface area contributed by atoms with Gasteiger partial charge >= 0.3 is 6.61 Å². The Kier molecular flexibility index (Phi) is 3.16. The Labute approximate surface area is 63.5 Å². The van der Waals surface area contributed by atoms with E-state index in [-0.39, 0.29) is 0 Å². The van der Waals surface area contributed by atoms with E-state index < -0.39 is 12.7 Å². The first-order chi connectivity index (χ1) is 5.18. The number of hydrogen-bond acceptors (Lipinski definition) is 3. The molecule has 0 spiro atoms. The van der Waals surface area contributed by atoms with Gasteiger partial charge in [-0.25, -0.2) is 0 Å². The molecule has 0 aromatic heterocycles. The molecule has 0 radical (unpaired) electrons. The molecule has 1 heterocycles. The molecule has 0 atom stereocenters. The van der Waals surface area contributed by atoms with Gasteiger partial charge in [-0.1, -0.05) is 0 Å². The third kappa shape index (κ3) is 3.09. The van der Waals surface area contributed by atoms with E-state index >= 15 is 0 Å². The summed E-state index contributed by atoms with van der Waals surface area (Å²) in [6.07, 6.45) is 0.556. The van der Waals surface area contributed by atoms with Crippen molar-refractivity contribution in [1.29, 1.82) is 0 Å². The summed E-state index contributed by atoms with van der Waals surface area (Å²) in [4.78, 5) is 0. The van der Waals surface area contributed by atoms with Crippen molar-refractivity contribution in [2.75, 3.05) is 13.1 Å². The Bertz CT molecular complexity index is 115.